The van der Waals surface area contributed by atoms with E-state index in [1.807, 2.05) is 7.05 Å². The fourth-order valence-electron chi connectivity index (χ4n) is 2.86. The molecule has 3 nitrogen and oxygen atoms in total. The van der Waals surface area contributed by atoms with Gasteiger partial charge in [0.1, 0.15) is 0 Å². The number of aliphatic hydroxyl groups excluding tert-OH is 1. The first-order chi connectivity index (χ1) is 7.26. The Morgan fingerprint density at radius 1 is 1.33 bits per heavy atom. The number of aliphatic hydroxyl groups is 1. The summed E-state index contributed by atoms with van der Waals surface area (Å²) in [6, 6.07) is 0. The van der Waals surface area contributed by atoms with Crippen LogP contribution in [0.3, 0.4) is 0 Å². The predicted octanol–water partition coefficient (Wildman–Crippen LogP) is 1.08. The van der Waals surface area contributed by atoms with Gasteiger partial charge in [0.05, 0.1) is 6.61 Å². The van der Waals surface area contributed by atoms with Gasteiger partial charge >= 0.3 is 0 Å². The molecule has 2 N–H and O–H groups in total. The summed E-state index contributed by atoms with van der Waals surface area (Å²) in [7, 11) is 2.04. The van der Waals surface area contributed by atoms with Crippen LogP contribution in [0.2, 0.25) is 0 Å². The van der Waals surface area contributed by atoms with Crippen molar-refractivity contribution in [1.82, 2.24) is 10.2 Å². The van der Waals surface area contributed by atoms with Crippen molar-refractivity contribution in [3.63, 3.8) is 0 Å². The highest BCUT2D eigenvalue weighted by Crippen LogP contribution is 2.38. The van der Waals surface area contributed by atoms with Crippen LogP contribution in [0.4, 0.5) is 0 Å². The van der Waals surface area contributed by atoms with E-state index in [2.05, 4.69) is 17.1 Å². The van der Waals surface area contributed by atoms with Crippen molar-refractivity contribution in [1.29, 1.82) is 0 Å². The summed E-state index contributed by atoms with van der Waals surface area (Å²) in [5, 5.41) is 12.3. The second kappa shape index (κ2) is 6.46. The molecule has 90 valence electrons. The summed E-state index contributed by atoms with van der Waals surface area (Å²) in [6.45, 7) is 6.59. The van der Waals surface area contributed by atoms with E-state index in [-0.39, 0.29) is 6.61 Å². The summed E-state index contributed by atoms with van der Waals surface area (Å²) >= 11 is 0. The van der Waals surface area contributed by atoms with Crippen molar-refractivity contribution in [3.8, 4) is 0 Å². The summed E-state index contributed by atoms with van der Waals surface area (Å²) < 4.78 is 0. The summed E-state index contributed by atoms with van der Waals surface area (Å²) in [5.41, 5.74) is 0.472. The Kier molecular flexibility index (Phi) is 5.58. The van der Waals surface area contributed by atoms with Gasteiger partial charge in [0.25, 0.3) is 0 Å². The van der Waals surface area contributed by atoms with Crippen molar-refractivity contribution < 1.29 is 5.11 Å². The van der Waals surface area contributed by atoms with Crippen LogP contribution < -0.4 is 5.32 Å². The zero-order chi connectivity index (χ0) is 11.1. The molecular weight excluding hydrogens is 188 g/mol. The van der Waals surface area contributed by atoms with Crippen molar-refractivity contribution in [2.45, 2.75) is 32.6 Å². The molecule has 0 aromatic rings. The van der Waals surface area contributed by atoms with E-state index in [0.29, 0.717) is 5.41 Å². The Hall–Kier alpha value is -0.120. The normalized spacial score (nSPS) is 20.0. The van der Waals surface area contributed by atoms with E-state index in [4.69, 9.17) is 5.11 Å². The first kappa shape index (κ1) is 12.9. The molecule has 0 heterocycles. The Morgan fingerprint density at radius 2 is 2.00 bits per heavy atom. The standard InChI is InChI=1S/C12H26N2O/c1-3-14(8-9-15)11-12(10-13-2)6-4-5-7-12/h13,15H,3-11H2,1-2H3. The van der Waals surface area contributed by atoms with Gasteiger partial charge in [-0.15, -0.1) is 0 Å². The number of likely N-dealkylation sites (N-methyl/N-ethyl adjacent to an activating group) is 1. The Balaban J connectivity index is 2.48. The first-order valence-electron chi connectivity index (χ1n) is 6.24. The lowest BCUT2D eigenvalue weighted by atomic mass is 9.85. The topological polar surface area (TPSA) is 35.5 Å². The van der Waals surface area contributed by atoms with Gasteiger partial charge in [-0.1, -0.05) is 19.8 Å². The fraction of sp³-hybridized carbons (Fsp3) is 1.00. The third-order valence-electron chi connectivity index (χ3n) is 3.64. The molecule has 0 spiro atoms. The van der Waals surface area contributed by atoms with Crippen molar-refractivity contribution in [2.75, 3.05) is 39.8 Å². The van der Waals surface area contributed by atoms with E-state index in [1.54, 1.807) is 0 Å². The number of rotatable bonds is 7. The average Bonchev–Trinajstić information content (AvgIpc) is 2.67. The molecule has 1 saturated carbocycles. The van der Waals surface area contributed by atoms with Gasteiger partial charge < -0.3 is 15.3 Å². The molecule has 1 aliphatic rings. The zero-order valence-corrected chi connectivity index (χ0v) is 10.3. The van der Waals surface area contributed by atoms with Crippen LogP contribution in [0.25, 0.3) is 0 Å². The van der Waals surface area contributed by atoms with Crippen LogP contribution in [0.5, 0.6) is 0 Å². The Morgan fingerprint density at radius 3 is 2.47 bits per heavy atom. The molecule has 1 aliphatic carbocycles. The lowest BCUT2D eigenvalue weighted by molar-refractivity contribution is 0.131. The van der Waals surface area contributed by atoms with Crippen LogP contribution >= 0.6 is 0 Å². The van der Waals surface area contributed by atoms with Gasteiger partial charge in [-0.2, -0.15) is 0 Å². The van der Waals surface area contributed by atoms with Gasteiger partial charge in [0, 0.05) is 19.6 Å². The van der Waals surface area contributed by atoms with Crippen LogP contribution in [0.15, 0.2) is 0 Å². The molecule has 0 atom stereocenters. The van der Waals surface area contributed by atoms with Gasteiger partial charge in [-0.05, 0) is 31.8 Å². The van der Waals surface area contributed by atoms with E-state index in [0.717, 1.165) is 26.2 Å². The highest BCUT2D eigenvalue weighted by molar-refractivity contribution is 4.88. The second-order valence-corrected chi connectivity index (χ2v) is 4.83. The summed E-state index contributed by atoms with van der Waals surface area (Å²) in [6.07, 6.45) is 5.43. The molecule has 1 fully saturated rings. The minimum absolute atomic E-state index is 0.281. The lowest BCUT2D eigenvalue weighted by Crippen LogP contribution is -2.42. The van der Waals surface area contributed by atoms with Crippen LogP contribution in [-0.4, -0.2) is 49.8 Å². The molecule has 3 heteroatoms. The van der Waals surface area contributed by atoms with Gasteiger partial charge in [-0.3, -0.25) is 0 Å². The maximum Gasteiger partial charge on any atom is 0.0558 e. The fourth-order valence-corrected chi connectivity index (χ4v) is 2.86. The Bertz CT molecular complexity index is 167. The molecule has 0 saturated heterocycles. The quantitative estimate of drug-likeness (QED) is 0.666. The molecule has 0 radical (unpaired) electrons. The number of hydrogen-bond acceptors (Lipinski definition) is 3. The Labute approximate surface area is 93.9 Å². The lowest BCUT2D eigenvalue weighted by Gasteiger charge is -2.34. The molecule has 0 unspecified atom stereocenters. The molecule has 0 amide bonds. The van der Waals surface area contributed by atoms with Gasteiger partial charge in [0.15, 0.2) is 0 Å². The van der Waals surface area contributed by atoms with Crippen molar-refractivity contribution in [3.05, 3.63) is 0 Å². The maximum absolute atomic E-state index is 9.00. The van der Waals surface area contributed by atoms with E-state index in [1.165, 1.54) is 25.7 Å². The van der Waals surface area contributed by atoms with Crippen LogP contribution in [0.1, 0.15) is 32.6 Å². The largest absolute Gasteiger partial charge is 0.395 e. The highest BCUT2D eigenvalue weighted by atomic mass is 16.3. The molecule has 15 heavy (non-hydrogen) atoms. The number of nitrogens with one attached hydrogen (secondary N) is 1. The summed E-state index contributed by atoms with van der Waals surface area (Å²) in [5.74, 6) is 0. The molecule has 0 aromatic carbocycles. The molecular formula is C12H26N2O. The molecule has 0 aromatic heterocycles. The minimum atomic E-state index is 0.281. The smallest absolute Gasteiger partial charge is 0.0558 e. The van der Waals surface area contributed by atoms with E-state index in [9.17, 15) is 0 Å². The first-order valence-corrected chi connectivity index (χ1v) is 6.24. The van der Waals surface area contributed by atoms with Gasteiger partial charge in [-0.25, -0.2) is 0 Å². The van der Waals surface area contributed by atoms with Crippen molar-refractivity contribution >= 4 is 0 Å². The van der Waals surface area contributed by atoms with E-state index < -0.39 is 0 Å². The molecule has 0 aliphatic heterocycles. The second-order valence-electron chi connectivity index (χ2n) is 4.83. The number of hydrogen-bond donors (Lipinski definition) is 2. The maximum atomic E-state index is 9.00. The predicted molar refractivity (Wildman–Crippen MR) is 64.0 cm³/mol. The monoisotopic (exact) mass is 214 g/mol. The highest BCUT2D eigenvalue weighted by Gasteiger charge is 2.34. The summed E-state index contributed by atoms with van der Waals surface area (Å²) in [4.78, 5) is 2.38. The zero-order valence-electron chi connectivity index (χ0n) is 10.3. The van der Waals surface area contributed by atoms with Crippen molar-refractivity contribution in [2.24, 2.45) is 5.41 Å². The minimum Gasteiger partial charge on any atom is -0.395 e. The number of nitrogens with zero attached hydrogens (tertiary/aromatic N) is 1. The van der Waals surface area contributed by atoms with Crippen LogP contribution in [-0.2, 0) is 0 Å². The molecule has 0 bridgehead atoms. The van der Waals surface area contributed by atoms with E-state index >= 15 is 0 Å². The third kappa shape index (κ3) is 3.74. The van der Waals surface area contributed by atoms with Gasteiger partial charge in [0.2, 0.25) is 0 Å². The average molecular weight is 214 g/mol. The SMILES string of the molecule is CCN(CCO)CC1(CNC)CCCC1. The molecule has 1 rings (SSSR count). The third-order valence-corrected chi connectivity index (χ3v) is 3.64. The van der Waals surface area contributed by atoms with Crippen LogP contribution in [0, 0.1) is 5.41 Å².